The Hall–Kier alpha value is -3.15. The van der Waals surface area contributed by atoms with E-state index in [1.54, 1.807) is 12.3 Å². The number of hydrogen-bond donors (Lipinski definition) is 2. The quantitative estimate of drug-likeness (QED) is 0.499. The first kappa shape index (κ1) is 18.6. The van der Waals surface area contributed by atoms with Crippen molar-refractivity contribution in [3.05, 3.63) is 83.9 Å². The number of halogens is 1. The third kappa shape index (κ3) is 5.67. The molecule has 0 aliphatic rings. The molecule has 0 saturated heterocycles. The molecule has 3 aromatic rings. The Balaban J connectivity index is 1.52. The van der Waals surface area contributed by atoms with Crippen molar-refractivity contribution in [2.45, 2.75) is 19.9 Å². The van der Waals surface area contributed by atoms with Crippen molar-refractivity contribution in [1.82, 2.24) is 20.4 Å². The topological polar surface area (TPSA) is 54.2 Å². The second-order valence-corrected chi connectivity index (χ2v) is 6.12. The number of guanidine groups is 1. The minimum absolute atomic E-state index is 0.237. The number of rotatable bonds is 7. The van der Waals surface area contributed by atoms with Gasteiger partial charge in [0.1, 0.15) is 5.82 Å². The molecular formula is C21H24FN5. The summed E-state index contributed by atoms with van der Waals surface area (Å²) in [5.74, 6) is 0.495. The van der Waals surface area contributed by atoms with E-state index in [2.05, 4.69) is 45.0 Å². The maximum Gasteiger partial charge on any atom is 0.191 e. The summed E-state index contributed by atoms with van der Waals surface area (Å²) in [6, 6.07) is 16.8. The molecule has 140 valence electrons. The lowest BCUT2D eigenvalue weighted by Gasteiger charge is -2.11. The average molecular weight is 365 g/mol. The van der Waals surface area contributed by atoms with Crippen molar-refractivity contribution in [3.8, 4) is 5.69 Å². The second-order valence-electron chi connectivity index (χ2n) is 6.12. The van der Waals surface area contributed by atoms with Gasteiger partial charge in [0.15, 0.2) is 5.96 Å². The molecule has 6 heteroatoms. The van der Waals surface area contributed by atoms with Gasteiger partial charge in [0.2, 0.25) is 0 Å². The van der Waals surface area contributed by atoms with Crippen LogP contribution in [0.4, 0.5) is 4.39 Å². The zero-order chi connectivity index (χ0) is 18.9. The summed E-state index contributed by atoms with van der Waals surface area (Å²) < 4.78 is 15.1. The zero-order valence-corrected chi connectivity index (χ0v) is 15.4. The van der Waals surface area contributed by atoms with Crippen LogP contribution in [0.3, 0.4) is 0 Å². The minimum atomic E-state index is -0.237. The van der Waals surface area contributed by atoms with Gasteiger partial charge in [0.25, 0.3) is 0 Å². The van der Waals surface area contributed by atoms with Crippen molar-refractivity contribution in [3.63, 3.8) is 0 Å². The summed E-state index contributed by atoms with van der Waals surface area (Å²) in [4.78, 5) is 4.52. The smallest absolute Gasteiger partial charge is 0.191 e. The van der Waals surface area contributed by atoms with E-state index >= 15 is 0 Å². The van der Waals surface area contributed by atoms with E-state index in [1.807, 2.05) is 29.9 Å². The number of hydrogen-bond acceptors (Lipinski definition) is 2. The Kier molecular flexibility index (Phi) is 6.57. The molecule has 0 saturated carbocycles. The number of benzene rings is 2. The van der Waals surface area contributed by atoms with E-state index in [4.69, 9.17) is 0 Å². The van der Waals surface area contributed by atoms with Gasteiger partial charge in [0, 0.05) is 25.5 Å². The molecular weight excluding hydrogens is 341 g/mol. The molecule has 0 fully saturated rings. The summed E-state index contributed by atoms with van der Waals surface area (Å²) in [5, 5.41) is 10.8. The van der Waals surface area contributed by atoms with Crippen LogP contribution < -0.4 is 10.6 Å². The Morgan fingerprint density at radius 3 is 2.63 bits per heavy atom. The first-order valence-electron chi connectivity index (χ1n) is 9.10. The van der Waals surface area contributed by atoms with E-state index < -0.39 is 0 Å². The molecule has 0 bridgehead atoms. The third-order valence-electron chi connectivity index (χ3n) is 4.06. The monoisotopic (exact) mass is 365 g/mol. The van der Waals surface area contributed by atoms with Crippen LogP contribution in [0.5, 0.6) is 0 Å². The van der Waals surface area contributed by atoms with E-state index in [-0.39, 0.29) is 5.82 Å². The summed E-state index contributed by atoms with van der Waals surface area (Å²) in [6.07, 6.45) is 4.57. The zero-order valence-electron chi connectivity index (χ0n) is 15.4. The maximum atomic E-state index is 13.3. The molecule has 0 amide bonds. The molecule has 2 N–H and O–H groups in total. The van der Waals surface area contributed by atoms with Crippen molar-refractivity contribution >= 4 is 5.96 Å². The fraction of sp³-hybridized carbons (Fsp3) is 0.238. The molecule has 0 unspecified atom stereocenters. The summed E-state index contributed by atoms with van der Waals surface area (Å²) in [6.45, 7) is 3.99. The van der Waals surface area contributed by atoms with Gasteiger partial charge in [-0.15, -0.1) is 0 Å². The average Bonchev–Trinajstić information content (AvgIpc) is 3.21. The molecule has 1 aromatic heterocycles. The predicted molar refractivity (Wildman–Crippen MR) is 106 cm³/mol. The van der Waals surface area contributed by atoms with Crippen LogP contribution in [0.25, 0.3) is 5.69 Å². The van der Waals surface area contributed by atoms with E-state index in [0.717, 1.165) is 36.7 Å². The Morgan fingerprint density at radius 2 is 1.93 bits per heavy atom. The van der Waals surface area contributed by atoms with Gasteiger partial charge in [-0.1, -0.05) is 24.3 Å². The van der Waals surface area contributed by atoms with Crippen molar-refractivity contribution < 1.29 is 4.39 Å². The van der Waals surface area contributed by atoms with Gasteiger partial charge >= 0.3 is 0 Å². The summed E-state index contributed by atoms with van der Waals surface area (Å²) in [5.41, 5.74) is 3.13. The first-order chi connectivity index (χ1) is 13.2. The number of nitrogens with one attached hydrogen (secondary N) is 2. The molecule has 5 nitrogen and oxygen atoms in total. The van der Waals surface area contributed by atoms with Gasteiger partial charge in [-0.2, -0.15) is 5.10 Å². The lowest BCUT2D eigenvalue weighted by Crippen LogP contribution is -2.38. The van der Waals surface area contributed by atoms with Gasteiger partial charge in [-0.25, -0.2) is 14.1 Å². The molecule has 0 aliphatic heterocycles. The Bertz CT molecular complexity index is 857. The lowest BCUT2D eigenvalue weighted by molar-refractivity contribution is 0.625. The molecule has 0 aliphatic carbocycles. The van der Waals surface area contributed by atoms with Crippen molar-refractivity contribution in [2.75, 3.05) is 13.1 Å². The van der Waals surface area contributed by atoms with Crippen molar-refractivity contribution in [1.29, 1.82) is 0 Å². The Labute approximate surface area is 159 Å². The largest absolute Gasteiger partial charge is 0.357 e. The fourth-order valence-corrected chi connectivity index (χ4v) is 2.71. The highest BCUT2D eigenvalue weighted by Gasteiger charge is 2.01. The van der Waals surface area contributed by atoms with E-state index in [9.17, 15) is 4.39 Å². The van der Waals surface area contributed by atoms with Crippen LogP contribution in [0, 0.1) is 5.82 Å². The predicted octanol–water partition coefficient (Wildman–Crippen LogP) is 3.31. The maximum absolute atomic E-state index is 13.3. The lowest BCUT2D eigenvalue weighted by atomic mass is 10.1. The van der Waals surface area contributed by atoms with E-state index in [0.29, 0.717) is 6.54 Å². The van der Waals surface area contributed by atoms with Gasteiger partial charge < -0.3 is 10.6 Å². The number of aromatic nitrogens is 2. The van der Waals surface area contributed by atoms with Crippen LogP contribution in [-0.4, -0.2) is 28.8 Å². The summed E-state index contributed by atoms with van der Waals surface area (Å²) in [7, 11) is 0. The molecule has 1 heterocycles. The van der Waals surface area contributed by atoms with Crippen LogP contribution in [-0.2, 0) is 13.0 Å². The fourth-order valence-electron chi connectivity index (χ4n) is 2.71. The minimum Gasteiger partial charge on any atom is -0.357 e. The van der Waals surface area contributed by atoms with Crippen LogP contribution in [0.2, 0.25) is 0 Å². The molecule has 0 spiro atoms. The van der Waals surface area contributed by atoms with Gasteiger partial charge in [-0.3, -0.25) is 0 Å². The first-order valence-corrected chi connectivity index (χ1v) is 9.10. The molecule has 27 heavy (non-hydrogen) atoms. The SMILES string of the molecule is CCNC(=NCc1cccc(F)c1)NCCc1ccc(-n2cccn2)cc1. The molecule has 0 radical (unpaired) electrons. The standard InChI is InChI=1S/C21H24FN5/c1-2-23-21(25-16-18-5-3-6-19(22)15-18)24-13-11-17-7-9-20(10-8-17)27-14-4-12-26-27/h3-10,12,14-15H,2,11,13,16H2,1H3,(H2,23,24,25). The molecule has 2 aromatic carbocycles. The second kappa shape index (κ2) is 9.52. The van der Waals surface area contributed by atoms with Gasteiger partial charge in [0.05, 0.1) is 12.2 Å². The third-order valence-corrected chi connectivity index (χ3v) is 4.06. The molecule has 3 rings (SSSR count). The van der Waals surface area contributed by atoms with Gasteiger partial charge in [-0.05, 0) is 54.8 Å². The number of aliphatic imine (C=N–C) groups is 1. The normalized spacial score (nSPS) is 11.4. The van der Waals surface area contributed by atoms with Crippen molar-refractivity contribution in [2.24, 2.45) is 4.99 Å². The molecule has 0 atom stereocenters. The van der Waals surface area contributed by atoms with Crippen LogP contribution >= 0.6 is 0 Å². The summed E-state index contributed by atoms with van der Waals surface area (Å²) >= 11 is 0. The highest BCUT2D eigenvalue weighted by Crippen LogP contribution is 2.09. The van der Waals surface area contributed by atoms with E-state index in [1.165, 1.54) is 17.7 Å². The Morgan fingerprint density at radius 1 is 1.07 bits per heavy atom. The highest BCUT2D eigenvalue weighted by molar-refractivity contribution is 5.79. The van der Waals surface area contributed by atoms with Crippen LogP contribution in [0.15, 0.2) is 72.0 Å². The number of nitrogens with zero attached hydrogens (tertiary/aromatic N) is 3. The van der Waals surface area contributed by atoms with Crippen LogP contribution in [0.1, 0.15) is 18.1 Å². The highest BCUT2D eigenvalue weighted by atomic mass is 19.1.